The van der Waals surface area contributed by atoms with Crippen molar-refractivity contribution in [1.29, 1.82) is 0 Å². The van der Waals surface area contributed by atoms with Crippen LogP contribution in [0.5, 0.6) is 0 Å². The molecule has 1 aromatic rings. The molecule has 0 aliphatic carbocycles. The molecule has 1 atom stereocenters. The number of aromatic nitrogens is 3. The second-order valence-electron chi connectivity index (χ2n) is 5.29. The summed E-state index contributed by atoms with van der Waals surface area (Å²) < 4.78 is 7.04. The van der Waals surface area contributed by atoms with Gasteiger partial charge in [-0.2, -0.15) is 5.10 Å². The first-order valence-electron chi connectivity index (χ1n) is 7.86. The Morgan fingerprint density at radius 2 is 2.00 bits per heavy atom. The third kappa shape index (κ3) is 5.46. The van der Waals surface area contributed by atoms with Gasteiger partial charge in [-0.3, -0.25) is 4.79 Å². The predicted octanol–water partition coefficient (Wildman–Crippen LogP) is 1.72. The van der Waals surface area contributed by atoms with E-state index in [-0.39, 0.29) is 18.1 Å². The molecule has 0 saturated heterocycles. The van der Waals surface area contributed by atoms with Crippen LogP contribution in [0.25, 0.3) is 0 Å². The van der Waals surface area contributed by atoms with Gasteiger partial charge in [0, 0.05) is 25.4 Å². The van der Waals surface area contributed by atoms with E-state index in [1.165, 1.54) is 0 Å². The standard InChI is InChI=1S/C15H28N4O2/c1-6-13-17-14(7-2)19(18-13)10-9-12(16-11(4)5)15(20)21-8-3/h11-12,16H,6-10H2,1-5H3. The quantitative estimate of drug-likeness (QED) is 0.703. The fourth-order valence-electron chi connectivity index (χ4n) is 2.18. The second kappa shape index (κ2) is 8.77. The van der Waals surface area contributed by atoms with E-state index < -0.39 is 0 Å². The summed E-state index contributed by atoms with van der Waals surface area (Å²) in [7, 11) is 0. The molecular weight excluding hydrogens is 268 g/mol. The SMILES string of the molecule is CCOC(=O)C(CCn1nc(CC)nc1CC)NC(C)C. The van der Waals surface area contributed by atoms with Crippen molar-refractivity contribution in [3.05, 3.63) is 11.6 Å². The molecule has 0 aromatic carbocycles. The number of rotatable bonds is 9. The Balaban J connectivity index is 2.71. The molecule has 6 nitrogen and oxygen atoms in total. The van der Waals surface area contributed by atoms with E-state index in [1.807, 2.05) is 32.4 Å². The highest BCUT2D eigenvalue weighted by molar-refractivity contribution is 5.75. The summed E-state index contributed by atoms with van der Waals surface area (Å²) >= 11 is 0. The van der Waals surface area contributed by atoms with Gasteiger partial charge in [0.25, 0.3) is 0 Å². The third-order valence-electron chi connectivity index (χ3n) is 3.16. The lowest BCUT2D eigenvalue weighted by Gasteiger charge is -2.19. The minimum absolute atomic E-state index is 0.194. The Labute approximate surface area is 127 Å². The molecule has 0 amide bonds. The molecule has 1 N–H and O–H groups in total. The van der Waals surface area contributed by atoms with Crippen molar-refractivity contribution in [2.45, 2.75) is 72.5 Å². The number of ether oxygens (including phenoxy) is 1. The summed E-state index contributed by atoms with van der Waals surface area (Å²) in [6, 6.07) is -0.0732. The molecule has 6 heteroatoms. The fraction of sp³-hybridized carbons (Fsp3) is 0.800. The molecule has 1 unspecified atom stereocenters. The maximum atomic E-state index is 12.0. The van der Waals surface area contributed by atoms with Crippen molar-refractivity contribution < 1.29 is 9.53 Å². The van der Waals surface area contributed by atoms with Gasteiger partial charge in [-0.15, -0.1) is 0 Å². The van der Waals surface area contributed by atoms with Gasteiger partial charge >= 0.3 is 5.97 Å². The molecule has 0 aliphatic heterocycles. The number of esters is 1. The van der Waals surface area contributed by atoms with Gasteiger partial charge < -0.3 is 10.1 Å². The van der Waals surface area contributed by atoms with Gasteiger partial charge in [0.05, 0.1) is 6.61 Å². The Morgan fingerprint density at radius 3 is 2.52 bits per heavy atom. The number of hydrogen-bond donors (Lipinski definition) is 1. The van der Waals surface area contributed by atoms with Crippen LogP contribution in [0.2, 0.25) is 0 Å². The van der Waals surface area contributed by atoms with Gasteiger partial charge in [-0.1, -0.05) is 27.7 Å². The molecule has 21 heavy (non-hydrogen) atoms. The van der Waals surface area contributed by atoms with Crippen LogP contribution < -0.4 is 5.32 Å². The normalized spacial score (nSPS) is 12.7. The molecule has 0 radical (unpaired) electrons. The summed E-state index contributed by atoms with van der Waals surface area (Å²) in [6.45, 7) is 11.0. The zero-order valence-electron chi connectivity index (χ0n) is 13.8. The lowest BCUT2D eigenvalue weighted by molar-refractivity contribution is -0.146. The van der Waals surface area contributed by atoms with Crippen molar-refractivity contribution in [2.24, 2.45) is 0 Å². The van der Waals surface area contributed by atoms with Gasteiger partial charge in [0.15, 0.2) is 5.82 Å². The lowest BCUT2D eigenvalue weighted by Crippen LogP contribution is -2.42. The number of carbonyl (C=O) groups is 1. The minimum Gasteiger partial charge on any atom is -0.465 e. The smallest absolute Gasteiger partial charge is 0.323 e. The van der Waals surface area contributed by atoms with Crippen LogP contribution >= 0.6 is 0 Å². The first kappa shape index (κ1) is 17.6. The first-order valence-corrected chi connectivity index (χ1v) is 7.86. The van der Waals surface area contributed by atoms with Crippen LogP contribution in [0, 0.1) is 0 Å². The van der Waals surface area contributed by atoms with Crippen LogP contribution in [0.3, 0.4) is 0 Å². The van der Waals surface area contributed by atoms with Crippen LogP contribution in [-0.2, 0) is 28.9 Å². The number of hydrogen-bond acceptors (Lipinski definition) is 5. The van der Waals surface area contributed by atoms with Gasteiger partial charge in [-0.25, -0.2) is 9.67 Å². The van der Waals surface area contributed by atoms with E-state index in [0.717, 1.165) is 24.5 Å². The zero-order chi connectivity index (χ0) is 15.8. The summed E-state index contributed by atoms with van der Waals surface area (Å²) in [5, 5.41) is 7.74. The van der Waals surface area contributed by atoms with Gasteiger partial charge in [0.1, 0.15) is 11.9 Å². The molecule has 1 rings (SSSR count). The zero-order valence-corrected chi connectivity index (χ0v) is 13.8. The first-order chi connectivity index (χ1) is 10.0. The summed E-state index contributed by atoms with van der Waals surface area (Å²) in [4.78, 5) is 16.5. The molecule has 0 bridgehead atoms. The molecule has 0 spiro atoms. The maximum absolute atomic E-state index is 12.0. The molecule has 0 aliphatic rings. The topological polar surface area (TPSA) is 69.0 Å². The van der Waals surface area contributed by atoms with E-state index in [2.05, 4.69) is 22.3 Å². The van der Waals surface area contributed by atoms with Crippen molar-refractivity contribution in [2.75, 3.05) is 6.61 Å². The number of nitrogens with one attached hydrogen (secondary N) is 1. The van der Waals surface area contributed by atoms with E-state index in [4.69, 9.17) is 4.74 Å². The van der Waals surface area contributed by atoms with Crippen LogP contribution in [0.1, 0.15) is 52.7 Å². The van der Waals surface area contributed by atoms with E-state index >= 15 is 0 Å². The van der Waals surface area contributed by atoms with Crippen molar-refractivity contribution >= 4 is 5.97 Å². The average molecular weight is 296 g/mol. The molecule has 0 fully saturated rings. The van der Waals surface area contributed by atoms with Crippen molar-refractivity contribution in [3.63, 3.8) is 0 Å². The average Bonchev–Trinajstić information content (AvgIpc) is 2.85. The van der Waals surface area contributed by atoms with Crippen molar-refractivity contribution in [1.82, 2.24) is 20.1 Å². The van der Waals surface area contributed by atoms with E-state index in [0.29, 0.717) is 19.6 Å². The molecule has 120 valence electrons. The second-order valence-corrected chi connectivity index (χ2v) is 5.29. The molecule has 0 saturated carbocycles. The van der Waals surface area contributed by atoms with Gasteiger partial charge in [-0.05, 0) is 13.3 Å². The summed E-state index contributed by atoms with van der Waals surface area (Å²) in [5.41, 5.74) is 0. The third-order valence-corrected chi connectivity index (χ3v) is 3.16. The molecular formula is C15H28N4O2. The van der Waals surface area contributed by atoms with E-state index in [9.17, 15) is 4.79 Å². The Kier molecular flexibility index (Phi) is 7.36. The highest BCUT2D eigenvalue weighted by Gasteiger charge is 2.21. The summed E-state index contributed by atoms with van der Waals surface area (Å²) in [5.74, 6) is 1.63. The molecule has 1 heterocycles. The Morgan fingerprint density at radius 1 is 1.29 bits per heavy atom. The van der Waals surface area contributed by atoms with Gasteiger partial charge in [0.2, 0.25) is 0 Å². The largest absolute Gasteiger partial charge is 0.465 e. The monoisotopic (exact) mass is 296 g/mol. The summed E-state index contributed by atoms with van der Waals surface area (Å²) in [6.07, 6.45) is 2.32. The number of nitrogens with zero attached hydrogens (tertiary/aromatic N) is 3. The van der Waals surface area contributed by atoms with Crippen LogP contribution in [0.4, 0.5) is 0 Å². The Bertz CT molecular complexity index is 443. The van der Waals surface area contributed by atoms with Crippen molar-refractivity contribution in [3.8, 4) is 0 Å². The lowest BCUT2D eigenvalue weighted by atomic mass is 10.2. The fourth-order valence-corrected chi connectivity index (χ4v) is 2.18. The number of aryl methyl sites for hydroxylation is 3. The van der Waals surface area contributed by atoms with E-state index in [1.54, 1.807) is 0 Å². The maximum Gasteiger partial charge on any atom is 0.323 e. The predicted molar refractivity (Wildman–Crippen MR) is 82.1 cm³/mol. The van der Waals surface area contributed by atoms with Crippen LogP contribution in [0.15, 0.2) is 0 Å². The number of carbonyl (C=O) groups excluding carboxylic acids is 1. The Hall–Kier alpha value is -1.43. The molecule has 1 aromatic heterocycles. The highest BCUT2D eigenvalue weighted by Crippen LogP contribution is 2.06. The highest BCUT2D eigenvalue weighted by atomic mass is 16.5. The van der Waals surface area contributed by atoms with Crippen LogP contribution in [-0.4, -0.2) is 39.4 Å². The minimum atomic E-state index is -0.302.